The molecule has 4 nitrogen and oxygen atoms in total. The first-order chi connectivity index (χ1) is 8.69. The van der Waals surface area contributed by atoms with Gasteiger partial charge in [0.05, 0.1) is 31.5 Å². The van der Waals surface area contributed by atoms with Crippen molar-refractivity contribution in [3.8, 4) is 6.07 Å². The van der Waals surface area contributed by atoms with E-state index >= 15 is 0 Å². The maximum absolute atomic E-state index is 13.4. The Morgan fingerprint density at radius 1 is 1.28 bits per heavy atom. The lowest BCUT2D eigenvalue weighted by atomic mass is 10.1. The molecule has 0 unspecified atom stereocenters. The lowest BCUT2D eigenvalue weighted by Crippen LogP contribution is -2.21. The van der Waals surface area contributed by atoms with E-state index in [1.807, 2.05) is 0 Å². The van der Waals surface area contributed by atoms with Crippen molar-refractivity contribution in [2.24, 2.45) is 0 Å². The lowest BCUT2D eigenvalue weighted by Gasteiger charge is -2.07. The molecular weight excluding hydrogens is 242 g/mol. The SMILES string of the molecule is N#Cc1cc(F)c(CNCCOCCO)c(F)c1. The minimum atomic E-state index is -0.740. The van der Waals surface area contributed by atoms with Crippen molar-refractivity contribution in [1.82, 2.24) is 5.32 Å². The molecule has 6 heteroatoms. The van der Waals surface area contributed by atoms with E-state index in [9.17, 15) is 8.78 Å². The molecule has 0 atom stereocenters. The maximum Gasteiger partial charge on any atom is 0.131 e. The molecule has 0 heterocycles. The second-order valence-corrected chi connectivity index (χ2v) is 3.54. The van der Waals surface area contributed by atoms with Crippen LogP contribution in [0.5, 0.6) is 0 Å². The number of aliphatic hydroxyl groups is 1. The Kier molecular flexibility index (Phi) is 6.22. The third-order valence-electron chi connectivity index (χ3n) is 2.23. The molecule has 0 spiro atoms. The first-order valence-electron chi connectivity index (χ1n) is 5.46. The van der Waals surface area contributed by atoms with E-state index in [4.69, 9.17) is 15.1 Å². The number of hydrogen-bond donors (Lipinski definition) is 2. The molecule has 1 aromatic carbocycles. The summed E-state index contributed by atoms with van der Waals surface area (Å²) in [5, 5.41) is 19.8. The second-order valence-electron chi connectivity index (χ2n) is 3.54. The van der Waals surface area contributed by atoms with Crippen molar-refractivity contribution in [3.63, 3.8) is 0 Å². The number of nitrogens with zero attached hydrogens (tertiary/aromatic N) is 1. The van der Waals surface area contributed by atoms with Gasteiger partial charge >= 0.3 is 0 Å². The summed E-state index contributed by atoms with van der Waals surface area (Å²) in [6.07, 6.45) is 0. The highest BCUT2D eigenvalue weighted by Gasteiger charge is 2.10. The number of aliphatic hydroxyl groups excluding tert-OH is 1. The van der Waals surface area contributed by atoms with Crippen LogP contribution in [-0.2, 0) is 11.3 Å². The molecular formula is C12H14F2N2O2. The molecule has 98 valence electrons. The van der Waals surface area contributed by atoms with Crippen molar-refractivity contribution >= 4 is 0 Å². The first kappa shape index (κ1) is 14.5. The van der Waals surface area contributed by atoms with Crippen LogP contribution in [0.2, 0.25) is 0 Å². The Labute approximate surface area is 104 Å². The van der Waals surface area contributed by atoms with Gasteiger partial charge in [-0.05, 0) is 12.1 Å². The zero-order valence-corrected chi connectivity index (χ0v) is 9.75. The lowest BCUT2D eigenvalue weighted by molar-refractivity contribution is 0.0937. The Morgan fingerprint density at radius 2 is 1.94 bits per heavy atom. The molecule has 0 aliphatic heterocycles. The summed E-state index contributed by atoms with van der Waals surface area (Å²) in [5.41, 5.74) is -0.142. The normalized spacial score (nSPS) is 10.3. The van der Waals surface area contributed by atoms with Crippen molar-refractivity contribution in [3.05, 3.63) is 34.9 Å². The molecule has 0 fully saturated rings. The minimum Gasteiger partial charge on any atom is -0.394 e. The van der Waals surface area contributed by atoms with Gasteiger partial charge in [0.25, 0.3) is 0 Å². The Bertz CT molecular complexity index is 410. The van der Waals surface area contributed by atoms with E-state index in [2.05, 4.69) is 5.32 Å². The molecule has 0 aliphatic rings. The molecule has 1 aromatic rings. The van der Waals surface area contributed by atoms with Crippen LogP contribution in [0.4, 0.5) is 8.78 Å². The van der Waals surface area contributed by atoms with E-state index < -0.39 is 11.6 Å². The maximum atomic E-state index is 13.4. The minimum absolute atomic E-state index is 0.0197. The number of rotatable bonds is 7. The highest BCUT2D eigenvalue weighted by atomic mass is 19.1. The van der Waals surface area contributed by atoms with Crippen LogP contribution in [-0.4, -0.2) is 31.5 Å². The summed E-state index contributed by atoms with van der Waals surface area (Å²) < 4.78 is 31.8. The molecule has 0 radical (unpaired) electrons. The number of hydrogen-bond acceptors (Lipinski definition) is 4. The molecule has 0 saturated heterocycles. The smallest absolute Gasteiger partial charge is 0.131 e. The zero-order valence-electron chi connectivity index (χ0n) is 9.75. The van der Waals surface area contributed by atoms with Crippen LogP contribution in [0, 0.1) is 23.0 Å². The van der Waals surface area contributed by atoms with E-state index in [0.717, 1.165) is 12.1 Å². The van der Waals surface area contributed by atoms with E-state index in [1.165, 1.54) is 0 Å². The van der Waals surface area contributed by atoms with E-state index in [1.54, 1.807) is 6.07 Å². The average Bonchev–Trinajstić information content (AvgIpc) is 2.35. The molecule has 2 N–H and O–H groups in total. The van der Waals surface area contributed by atoms with Crippen LogP contribution < -0.4 is 5.32 Å². The standard InChI is InChI=1S/C12H14F2N2O2/c13-11-5-9(7-15)6-12(14)10(11)8-16-1-3-18-4-2-17/h5-6,16-17H,1-4,8H2. The third-order valence-corrected chi connectivity index (χ3v) is 2.23. The van der Waals surface area contributed by atoms with Gasteiger partial charge in [-0.25, -0.2) is 8.78 Å². The molecule has 0 bridgehead atoms. The largest absolute Gasteiger partial charge is 0.394 e. The quantitative estimate of drug-likeness (QED) is 0.712. The molecule has 0 amide bonds. The summed E-state index contributed by atoms with van der Waals surface area (Å²) in [7, 11) is 0. The van der Waals surface area contributed by atoms with Crippen LogP contribution in [0.1, 0.15) is 11.1 Å². The fourth-order valence-corrected chi connectivity index (χ4v) is 1.36. The van der Waals surface area contributed by atoms with Crippen molar-refractivity contribution < 1.29 is 18.6 Å². The van der Waals surface area contributed by atoms with Gasteiger partial charge in [-0.2, -0.15) is 5.26 Å². The number of nitriles is 1. The summed E-state index contributed by atoms with van der Waals surface area (Å²) >= 11 is 0. The van der Waals surface area contributed by atoms with E-state index in [-0.39, 0.29) is 30.9 Å². The van der Waals surface area contributed by atoms with Crippen LogP contribution in [0.15, 0.2) is 12.1 Å². The number of benzene rings is 1. The number of nitrogens with one attached hydrogen (secondary N) is 1. The number of halogens is 2. The summed E-state index contributed by atoms with van der Waals surface area (Å²) in [6, 6.07) is 3.69. The van der Waals surface area contributed by atoms with Crippen molar-refractivity contribution in [2.45, 2.75) is 6.54 Å². The van der Waals surface area contributed by atoms with Crippen LogP contribution in [0.25, 0.3) is 0 Å². The Balaban J connectivity index is 2.45. The second kappa shape index (κ2) is 7.71. The van der Waals surface area contributed by atoms with Gasteiger partial charge < -0.3 is 15.2 Å². The van der Waals surface area contributed by atoms with Crippen molar-refractivity contribution in [1.29, 1.82) is 5.26 Å². The fourth-order valence-electron chi connectivity index (χ4n) is 1.36. The van der Waals surface area contributed by atoms with E-state index in [0.29, 0.717) is 13.2 Å². The average molecular weight is 256 g/mol. The van der Waals surface area contributed by atoms with Gasteiger partial charge in [0.2, 0.25) is 0 Å². The summed E-state index contributed by atoms with van der Waals surface area (Å²) in [5.74, 6) is -1.48. The van der Waals surface area contributed by atoms with Gasteiger partial charge in [0.15, 0.2) is 0 Å². The zero-order chi connectivity index (χ0) is 13.4. The van der Waals surface area contributed by atoms with Crippen LogP contribution in [0.3, 0.4) is 0 Å². The van der Waals surface area contributed by atoms with Gasteiger partial charge in [-0.1, -0.05) is 0 Å². The molecule has 0 aromatic heterocycles. The number of ether oxygens (including phenoxy) is 1. The fraction of sp³-hybridized carbons (Fsp3) is 0.417. The summed E-state index contributed by atoms with van der Waals surface area (Å²) in [4.78, 5) is 0. The molecule has 18 heavy (non-hydrogen) atoms. The predicted octanol–water partition coefficient (Wildman–Crippen LogP) is 0.935. The van der Waals surface area contributed by atoms with Crippen LogP contribution >= 0.6 is 0 Å². The molecule has 1 rings (SSSR count). The Morgan fingerprint density at radius 3 is 2.50 bits per heavy atom. The van der Waals surface area contributed by atoms with Gasteiger partial charge in [-0.15, -0.1) is 0 Å². The van der Waals surface area contributed by atoms with Gasteiger partial charge in [0, 0.05) is 18.7 Å². The molecule has 0 saturated carbocycles. The highest BCUT2D eigenvalue weighted by Crippen LogP contribution is 2.14. The summed E-state index contributed by atoms with van der Waals surface area (Å²) in [6.45, 7) is 0.963. The van der Waals surface area contributed by atoms with Crippen molar-refractivity contribution in [2.75, 3.05) is 26.4 Å². The van der Waals surface area contributed by atoms with Gasteiger partial charge in [-0.3, -0.25) is 0 Å². The topological polar surface area (TPSA) is 65.3 Å². The van der Waals surface area contributed by atoms with Gasteiger partial charge in [0.1, 0.15) is 11.6 Å². The first-order valence-corrected chi connectivity index (χ1v) is 5.46. The predicted molar refractivity (Wildman–Crippen MR) is 60.7 cm³/mol. The Hall–Kier alpha value is -1.55. The third kappa shape index (κ3) is 4.37. The monoisotopic (exact) mass is 256 g/mol. The highest BCUT2D eigenvalue weighted by molar-refractivity contribution is 5.34. The molecule has 0 aliphatic carbocycles.